The van der Waals surface area contributed by atoms with Gasteiger partial charge in [-0.1, -0.05) is 52.8 Å². The van der Waals surface area contributed by atoms with Gasteiger partial charge in [0.05, 0.1) is 18.4 Å². The molecule has 8 rings (SSSR count). The largest absolute Gasteiger partial charge is 0.382 e. The van der Waals surface area contributed by atoms with E-state index in [-0.39, 0.29) is 29.3 Å². The molecule has 9 nitrogen and oxygen atoms in total. The van der Waals surface area contributed by atoms with Crippen molar-refractivity contribution < 1.29 is 24.1 Å². The number of hydrogen-bond donors (Lipinski definition) is 3. The minimum atomic E-state index is -1.62. The second kappa shape index (κ2) is 8.82. The summed E-state index contributed by atoms with van der Waals surface area (Å²) < 4.78 is 19.9. The Labute approximate surface area is 262 Å². The molecule has 2 saturated carbocycles. The molecule has 7 atom stereocenters. The van der Waals surface area contributed by atoms with E-state index in [1.165, 1.54) is 17.0 Å². The molecule has 4 heterocycles. The number of aromatic amines is 2. The number of fused-ring (bicyclic) bond motifs is 9. The SMILES string of the molecule is CC(C)(C)c1nc(CO[C@H]2C[C@H]3Cc4c([nH]c5ccccc45)[C@]3(C)[C@@]3(C)CC[C@@]45O[C@@H](C(=O)C=C4[C@]23O)C(C)(C)O5)cc(=O)[nH]1. The molecule has 2 bridgehead atoms. The Morgan fingerprint density at radius 1 is 1.09 bits per heavy atom. The molecule has 3 aliphatic carbocycles. The number of ether oxygens (including phenoxy) is 3. The monoisotopic (exact) mass is 613 g/mol. The van der Waals surface area contributed by atoms with E-state index in [0.29, 0.717) is 36.4 Å². The quantitative estimate of drug-likeness (QED) is 0.384. The van der Waals surface area contributed by atoms with Crippen LogP contribution in [0.3, 0.4) is 0 Å². The number of H-pyrrole nitrogens is 2. The number of nitrogens with one attached hydrogen (secondary N) is 2. The van der Waals surface area contributed by atoms with Gasteiger partial charge in [0.1, 0.15) is 17.0 Å². The fourth-order valence-electron chi connectivity index (χ4n) is 9.71. The number of aliphatic hydroxyl groups is 1. The first kappa shape index (κ1) is 29.3. The molecule has 2 aliphatic heterocycles. The van der Waals surface area contributed by atoms with Gasteiger partial charge >= 0.3 is 0 Å². The smallest absolute Gasteiger partial charge is 0.251 e. The zero-order chi connectivity index (χ0) is 31.9. The third-order valence-corrected chi connectivity index (χ3v) is 12.2. The summed E-state index contributed by atoms with van der Waals surface area (Å²) in [7, 11) is 0. The lowest BCUT2D eigenvalue weighted by molar-refractivity contribution is -0.282. The summed E-state index contributed by atoms with van der Waals surface area (Å²) in [6.07, 6.45) is 2.66. The lowest BCUT2D eigenvalue weighted by Crippen LogP contribution is -2.74. The second-order valence-electron chi connectivity index (χ2n) is 16.0. The number of hydrogen-bond acceptors (Lipinski definition) is 7. The van der Waals surface area contributed by atoms with Gasteiger partial charge in [-0.25, -0.2) is 4.98 Å². The Hall–Kier alpha value is -3.11. The zero-order valence-corrected chi connectivity index (χ0v) is 27.2. The van der Waals surface area contributed by atoms with E-state index in [0.717, 1.165) is 17.6 Å². The van der Waals surface area contributed by atoms with Crippen LogP contribution in [0, 0.1) is 11.3 Å². The van der Waals surface area contributed by atoms with Crippen LogP contribution in [0.25, 0.3) is 10.9 Å². The van der Waals surface area contributed by atoms with E-state index in [4.69, 9.17) is 19.2 Å². The van der Waals surface area contributed by atoms with Gasteiger partial charge in [0.15, 0.2) is 17.7 Å². The average Bonchev–Trinajstić information content (AvgIpc) is 3.55. The van der Waals surface area contributed by atoms with Gasteiger partial charge in [-0.2, -0.15) is 0 Å². The molecule has 0 radical (unpaired) electrons. The molecule has 9 heteroatoms. The summed E-state index contributed by atoms with van der Waals surface area (Å²) in [5.41, 5.74) is 0.204. The highest BCUT2D eigenvalue weighted by Gasteiger charge is 2.78. The van der Waals surface area contributed by atoms with E-state index < -0.39 is 40.0 Å². The van der Waals surface area contributed by atoms with Gasteiger partial charge in [0, 0.05) is 50.9 Å². The van der Waals surface area contributed by atoms with Crippen molar-refractivity contribution in [3.05, 3.63) is 75.1 Å². The first-order chi connectivity index (χ1) is 21.0. The van der Waals surface area contributed by atoms with Crippen LogP contribution in [0.2, 0.25) is 0 Å². The van der Waals surface area contributed by atoms with Crippen molar-refractivity contribution in [2.24, 2.45) is 11.3 Å². The molecular weight excluding hydrogens is 570 g/mol. The molecule has 1 spiro atoms. The van der Waals surface area contributed by atoms with Crippen molar-refractivity contribution in [3.8, 4) is 0 Å². The first-order valence-corrected chi connectivity index (χ1v) is 16.2. The summed E-state index contributed by atoms with van der Waals surface area (Å²) >= 11 is 0. The highest BCUT2D eigenvalue weighted by atomic mass is 16.8. The summed E-state index contributed by atoms with van der Waals surface area (Å²) in [6.45, 7) is 14.2. The van der Waals surface area contributed by atoms with E-state index in [1.807, 2.05) is 40.7 Å². The van der Waals surface area contributed by atoms with Crippen LogP contribution in [0.4, 0.5) is 0 Å². The number of nitrogens with zero attached hydrogens (tertiary/aromatic N) is 1. The molecule has 45 heavy (non-hydrogen) atoms. The van der Waals surface area contributed by atoms with Gasteiger partial charge in [-0.15, -0.1) is 0 Å². The van der Waals surface area contributed by atoms with Gasteiger partial charge < -0.3 is 29.3 Å². The van der Waals surface area contributed by atoms with Crippen molar-refractivity contribution in [3.63, 3.8) is 0 Å². The van der Waals surface area contributed by atoms with Crippen LogP contribution in [-0.4, -0.2) is 55.0 Å². The van der Waals surface area contributed by atoms with Crippen LogP contribution in [0.5, 0.6) is 0 Å². The third kappa shape index (κ3) is 3.61. The van der Waals surface area contributed by atoms with Crippen LogP contribution in [0.1, 0.15) is 90.5 Å². The Kier molecular flexibility index (Phi) is 5.74. The fraction of sp³-hybridized carbons (Fsp3) is 0.583. The van der Waals surface area contributed by atoms with Gasteiger partial charge in [-0.05, 0) is 56.7 Å². The molecule has 2 aromatic heterocycles. The normalized spacial score (nSPS) is 38.0. The Morgan fingerprint density at radius 3 is 2.60 bits per heavy atom. The number of ketones is 1. The molecule has 1 saturated heterocycles. The number of aromatic nitrogens is 3. The maximum atomic E-state index is 13.6. The van der Waals surface area contributed by atoms with Gasteiger partial charge in [0.2, 0.25) is 0 Å². The predicted octanol–water partition coefficient (Wildman–Crippen LogP) is 4.90. The second-order valence-corrected chi connectivity index (χ2v) is 16.0. The zero-order valence-electron chi connectivity index (χ0n) is 27.2. The fourth-order valence-corrected chi connectivity index (χ4v) is 9.71. The highest BCUT2D eigenvalue weighted by molar-refractivity contribution is 5.97. The predicted molar refractivity (Wildman–Crippen MR) is 168 cm³/mol. The van der Waals surface area contributed by atoms with Crippen LogP contribution in [0.15, 0.2) is 46.8 Å². The molecule has 238 valence electrons. The molecule has 3 aromatic rings. The molecule has 0 unspecified atom stereocenters. The van der Waals surface area contributed by atoms with E-state index >= 15 is 0 Å². The topological polar surface area (TPSA) is 127 Å². The molecule has 0 amide bonds. The maximum Gasteiger partial charge on any atom is 0.251 e. The summed E-state index contributed by atoms with van der Waals surface area (Å²) in [4.78, 5) is 37.6. The number of carbonyl (C=O) groups is 1. The summed E-state index contributed by atoms with van der Waals surface area (Å²) in [6, 6.07) is 9.84. The molecule has 1 aromatic carbocycles. The van der Waals surface area contributed by atoms with E-state index in [1.54, 1.807) is 6.08 Å². The van der Waals surface area contributed by atoms with Crippen molar-refractivity contribution in [2.45, 2.75) is 121 Å². The molecular formula is C36H43N3O6. The lowest BCUT2D eigenvalue weighted by Gasteiger charge is -2.67. The number of carbonyl (C=O) groups excluding carboxylic acids is 1. The van der Waals surface area contributed by atoms with E-state index in [2.05, 4.69) is 42.0 Å². The number of rotatable bonds is 3. The minimum absolute atomic E-state index is 0.0395. The minimum Gasteiger partial charge on any atom is -0.382 e. The van der Waals surface area contributed by atoms with Crippen LogP contribution < -0.4 is 5.56 Å². The van der Waals surface area contributed by atoms with Gasteiger partial charge in [-0.3, -0.25) is 9.59 Å². The molecule has 5 aliphatic rings. The number of para-hydroxylation sites is 1. The van der Waals surface area contributed by atoms with Crippen LogP contribution in [-0.2, 0) is 42.9 Å². The number of benzene rings is 1. The molecule has 3 N–H and O–H groups in total. The van der Waals surface area contributed by atoms with Crippen molar-refractivity contribution in [1.29, 1.82) is 0 Å². The lowest BCUT2D eigenvalue weighted by atomic mass is 9.41. The Morgan fingerprint density at radius 2 is 1.84 bits per heavy atom. The standard InChI is InChI=1S/C36H43N3O6/c1-31(2,3)30-37-20(16-27(41)39-30)18-43-26-15-19-14-22-21-10-8-9-11-23(21)38-28(22)34(19,7)33(6)12-13-35-25(36(26,33)42)17-24(40)29(44-35)32(4,5)45-35/h8-11,16-17,19,26,29,38,42H,12-15,18H2,1-7H3,(H,37,39,41)/t19-,26+,29+,33-,34-,35+,36+/m1/s1. The van der Waals surface area contributed by atoms with E-state index in [9.17, 15) is 14.7 Å². The van der Waals surface area contributed by atoms with Crippen molar-refractivity contribution in [2.75, 3.05) is 0 Å². The maximum absolute atomic E-state index is 13.6. The highest BCUT2D eigenvalue weighted by Crippen LogP contribution is 2.72. The van der Waals surface area contributed by atoms with Gasteiger partial charge in [0.25, 0.3) is 5.56 Å². The van der Waals surface area contributed by atoms with Crippen molar-refractivity contribution in [1.82, 2.24) is 15.0 Å². The Balaban J connectivity index is 1.28. The Bertz CT molecular complexity index is 1870. The summed E-state index contributed by atoms with van der Waals surface area (Å²) in [5.74, 6) is -0.673. The summed E-state index contributed by atoms with van der Waals surface area (Å²) in [5, 5.41) is 14.7. The first-order valence-electron chi connectivity index (χ1n) is 16.2. The molecule has 3 fully saturated rings. The average molecular weight is 614 g/mol. The van der Waals surface area contributed by atoms with Crippen molar-refractivity contribution >= 4 is 16.7 Å². The third-order valence-electron chi connectivity index (χ3n) is 12.2. The van der Waals surface area contributed by atoms with Crippen LogP contribution >= 0.6 is 0 Å².